The van der Waals surface area contributed by atoms with E-state index in [1.807, 2.05) is 13.1 Å². The summed E-state index contributed by atoms with van der Waals surface area (Å²) in [6.07, 6.45) is 4.50. The number of anilines is 1. The van der Waals surface area contributed by atoms with Gasteiger partial charge in [0.15, 0.2) is 0 Å². The Kier molecular flexibility index (Phi) is 3.67. The van der Waals surface area contributed by atoms with Crippen LogP contribution in [0.2, 0.25) is 0 Å². The third-order valence-electron chi connectivity index (χ3n) is 3.71. The van der Waals surface area contributed by atoms with Crippen molar-refractivity contribution < 1.29 is 0 Å². The van der Waals surface area contributed by atoms with Crippen LogP contribution < -0.4 is 10.6 Å². The fourth-order valence-electron chi connectivity index (χ4n) is 2.44. The van der Waals surface area contributed by atoms with Gasteiger partial charge in [-0.2, -0.15) is 0 Å². The molecule has 1 fully saturated rings. The smallest absolute Gasteiger partial charge is 0.128 e. The normalized spacial score (nSPS) is 26.9. The molecule has 2 heterocycles. The maximum Gasteiger partial charge on any atom is 0.128 e. The van der Waals surface area contributed by atoms with Gasteiger partial charge in [0.2, 0.25) is 0 Å². The second kappa shape index (κ2) is 5.05. The van der Waals surface area contributed by atoms with Crippen LogP contribution in [0, 0.1) is 5.92 Å². The Hall–Kier alpha value is -1.09. The molecule has 1 saturated heterocycles. The van der Waals surface area contributed by atoms with Crippen LogP contribution in [0.1, 0.15) is 45.2 Å². The third-order valence-corrected chi connectivity index (χ3v) is 3.71. The van der Waals surface area contributed by atoms with E-state index in [1.165, 1.54) is 12.8 Å². The lowest BCUT2D eigenvalue weighted by Gasteiger charge is -2.37. The lowest BCUT2D eigenvalue weighted by Crippen LogP contribution is -2.41. The molecule has 0 radical (unpaired) electrons. The number of piperidine rings is 1. The molecule has 94 valence electrons. The number of aromatic nitrogens is 1. The largest absolute Gasteiger partial charge is 0.354 e. The van der Waals surface area contributed by atoms with Gasteiger partial charge in [-0.15, -0.1) is 0 Å². The van der Waals surface area contributed by atoms with Crippen molar-refractivity contribution in [1.29, 1.82) is 0 Å². The van der Waals surface area contributed by atoms with E-state index >= 15 is 0 Å². The maximum atomic E-state index is 5.84. The summed E-state index contributed by atoms with van der Waals surface area (Å²) >= 11 is 0. The van der Waals surface area contributed by atoms with Crippen LogP contribution in [0.3, 0.4) is 0 Å². The monoisotopic (exact) mass is 233 g/mol. The van der Waals surface area contributed by atoms with Crippen LogP contribution in [0.5, 0.6) is 0 Å². The average molecular weight is 233 g/mol. The van der Waals surface area contributed by atoms with Crippen LogP contribution in [0.4, 0.5) is 5.82 Å². The van der Waals surface area contributed by atoms with E-state index in [4.69, 9.17) is 5.73 Å². The lowest BCUT2D eigenvalue weighted by atomic mass is 9.95. The van der Waals surface area contributed by atoms with E-state index in [1.54, 1.807) is 0 Å². The number of nitrogens with two attached hydrogens (primary N) is 1. The van der Waals surface area contributed by atoms with E-state index < -0.39 is 0 Å². The summed E-state index contributed by atoms with van der Waals surface area (Å²) in [5.74, 6) is 1.86. The Labute approximate surface area is 104 Å². The Bertz CT molecular complexity index is 358. The molecular weight excluding hydrogens is 210 g/mol. The summed E-state index contributed by atoms with van der Waals surface area (Å²) in [7, 11) is 0. The Balaban J connectivity index is 2.15. The summed E-state index contributed by atoms with van der Waals surface area (Å²) in [4.78, 5) is 6.97. The maximum absolute atomic E-state index is 5.84. The van der Waals surface area contributed by atoms with E-state index in [0.717, 1.165) is 23.8 Å². The molecule has 0 aliphatic carbocycles. The number of rotatable bonds is 2. The fraction of sp³-hybridized carbons (Fsp3) is 0.643. The zero-order valence-electron chi connectivity index (χ0n) is 11.1. The van der Waals surface area contributed by atoms with Gasteiger partial charge in [-0.3, -0.25) is 0 Å². The molecule has 1 aromatic rings. The van der Waals surface area contributed by atoms with Crippen LogP contribution >= 0.6 is 0 Å². The van der Waals surface area contributed by atoms with Crippen LogP contribution in [0.25, 0.3) is 0 Å². The highest BCUT2D eigenvalue weighted by Gasteiger charge is 2.23. The van der Waals surface area contributed by atoms with Crippen molar-refractivity contribution in [2.75, 3.05) is 11.4 Å². The molecule has 2 rings (SSSR count). The van der Waals surface area contributed by atoms with Crippen molar-refractivity contribution in [2.45, 2.75) is 45.7 Å². The van der Waals surface area contributed by atoms with Gasteiger partial charge in [0.25, 0.3) is 0 Å². The Morgan fingerprint density at radius 1 is 1.35 bits per heavy atom. The number of pyridine rings is 1. The van der Waals surface area contributed by atoms with Crippen molar-refractivity contribution >= 4 is 5.82 Å². The summed E-state index contributed by atoms with van der Waals surface area (Å²) in [6.45, 7) is 7.70. The summed E-state index contributed by atoms with van der Waals surface area (Å²) in [6, 6.07) is 4.86. The predicted molar refractivity (Wildman–Crippen MR) is 72.0 cm³/mol. The average Bonchev–Trinajstić information content (AvgIpc) is 2.32. The van der Waals surface area contributed by atoms with Gasteiger partial charge < -0.3 is 10.6 Å². The molecule has 0 amide bonds. The Morgan fingerprint density at radius 2 is 2.12 bits per heavy atom. The SMILES string of the molecule is CC1CCC(C)N(c2ccc(C(C)N)cn2)C1. The predicted octanol–water partition coefficient (Wildman–Crippen LogP) is 2.73. The minimum atomic E-state index is 0.0641. The molecule has 3 unspecified atom stereocenters. The topological polar surface area (TPSA) is 42.1 Å². The van der Waals surface area contributed by atoms with E-state index in [2.05, 4.69) is 35.9 Å². The summed E-state index contributed by atoms with van der Waals surface area (Å²) < 4.78 is 0. The molecule has 0 spiro atoms. The van der Waals surface area contributed by atoms with E-state index in [0.29, 0.717) is 6.04 Å². The zero-order valence-corrected chi connectivity index (χ0v) is 11.1. The highest BCUT2D eigenvalue weighted by atomic mass is 15.2. The van der Waals surface area contributed by atoms with Gasteiger partial charge in [0.05, 0.1) is 0 Å². The van der Waals surface area contributed by atoms with Crippen molar-refractivity contribution in [3.63, 3.8) is 0 Å². The minimum Gasteiger partial charge on any atom is -0.354 e. The van der Waals surface area contributed by atoms with Gasteiger partial charge in [-0.1, -0.05) is 13.0 Å². The molecule has 0 aromatic carbocycles. The van der Waals surface area contributed by atoms with Crippen molar-refractivity contribution in [3.8, 4) is 0 Å². The fourth-order valence-corrected chi connectivity index (χ4v) is 2.44. The Morgan fingerprint density at radius 3 is 2.71 bits per heavy atom. The molecule has 3 heteroatoms. The summed E-state index contributed by atoms with van der Waals surface area (Å²) in [5.41, 5.74) is 6.94. The molecule has 1 aliphatic rings. The van der Waals surface area contributed by atoms with E-state index in [-0.39, 0.29) is 6.04 Å². The number of hydrogen-bond acceptors (Lipinski definition) is 3. The van der Waals surface area contributed by atoms with Gasteiger partial charge in [0, 0.05) is 24.8 Å². The standard InChI is InChI=1S/C14H23N3/c1-10-4-5-11(2)17(9-10)14-7-6-13(8-16-14)12(3)15/h6-8,10-12H,4-5,9,15H2,1-3H3. The molecule has 2 N–H and O–H groups in total. The second-order valence-corrected chi connectivity index (χ2v) is 5.42. The molecule has 17 heavy (non-hydrogen) atoms. The molecule has 1 aromatic heterocycles. The second-order valence-electron chi connectivity index (χ2n) is 5.42. The lowest BCUT2D eigenvalue weighted by molar-refractivity contribution is 0.388. The van der Waals surface area contributed by atoms with Gasteiger partial charge in [-0.25, -0.2) is 4.98 Å². The summed E-state index contributed by atoms with van der Waals surface area (Å²) in [5, 5.41) is 0. The molecular formula is C14H23N3. The molecule has 3 atom stereocenters. The van der Waals surface area contributed by atoms with Crippen LogP contribution in [0.15, 0.2) is 18.3 Å². The van der Waals surface area contributed by atoms with Crippen LogP contribution in [-0.4, -0.2) is 17.6 Å². The number of hydrogen-bond donors (Lipinski definition) is 1. The molecule has 1 aliphatic heterocycles. The highest BCUT2D eigenvalue weighted by Crippen LogP contribution is 2.26. The minimum absolute atomic E-state index is 0.0641. The van der Waals surface area contributed by atoms with Crippen LogP contribution in [-0.2, 0) is 0 Å². The van der Waals surface area contributed by atoms with Gasteiger partial charge in [0.1, 0.15) is 5.82 Å². The zero-order chi connectivity index (χ0) is 12.4. The number of nitrogens with zero attached hydrogens (tertiary/aromatic N) is 2. The third kappa shape index (κ3) is 2.78. The first-order valence-corrected chi connectivity index (χ1v) is 6.56. The molecule has 3 nitrogen and oxygen atoms in total. The van der Waals surface area contributed by atoms with Gasteiger partial charge >= 0.3 is 0 Å². The van der Waals surface area contributed by atoms with Crippen molar-refractivity contribution in [1.82, 2.24) is 4.98 Å². The van der Waals surface area contributed by atoms with E-state index in [9.17, 15) is 0 Å². The molecule has 0 saturated carbocycles. The van der Waals surface area contributed by atoms with Crippen molar-refractivity contribution in [2.24, 2.45) is 11.7 Å². The first kappa shape index (κ1) is 12.4. The van der Waals surface area contributed by atoms with Crippen molar-refractivity contribution in [3.05, 3.63) is 23.9 Å². The molecule has 0 bridgehead atoms. The highest BCUT2D eigenvalue weighted by molar-refractivity contribution is 5.41. The quantitative estimate of drug-likeness (QED) is 0.854. The first-order valence-electron chi connectivity index (χ1n) is 6.56. The van der Waals surface area contributed by atoms with Gasteiger partial charge in [-0.05, 0) is 44.2 Å². The first-order chi connectivity index (χ1) is 8.08.